The van der Waals surface area contributed by atoms with Crippen molar-refractivity contribution >= 4 is 26.5 Å². The van der Waals surface area contributed by atoms with Gasteiger partial charge in [-0.25, -0.2) is 8.42 Å². The molecule has 0 saturated heterocycles. The highest BCUT2D eigenvalue weighted by Gasteiger charge is 2.36. The molecular formula is C21H21NO4S. The first kappa shape index (κ1) is 18.9. The van der Waals surface area contributed by atoms with E-state index in [1.165, 1.54) is 0 Å². The molecule has 0 aliphatic rings. The van der Waals surface area contributed by atoms with Crippen LogP contribution in [0.5, 0.6) is 5.75 Å². The molecule has 3 aromatic carbocycles. The number of hydrogen-bond donors (Lipinski definition) is 1. The fourth-order valence-electron chi connectivity index (χ4n) is 3.36. The molecule has 140 valence electrons. The van der Waals surface area contributed by atoms with Crippen LogP contribution >= 0.6 is 0 Å². The summed E-state index contributed by atoms with van der Waals surface area (Å²) < 4.78 is 31.9. The maximum Gasteiger partial charge on any atom is 0.280 e. The van der Waals surface area contributed by atoms with Crippen LogP contribution in [0.3, 0.4) is 0 Å². The van der Waals surface area contributed by atoms with Gasteiger partial charge in [0.25, 0.3) is 11.3 Å². The number of primary amides is 1. The van der Waals surface area contributed by atoms with Gasteiger partial charge in [0.05, 0.1) is 4.90 Å². The monoisotopic (exact) mass is 383 g/mol. The number of ether oxygens (including phenoxy) is 1. The summed E-state index contributed by atoms with van der Waals surface area (Å²) in [5, 5.41) is 1.85. The standard InChI is InChI=1S/C21H21NO4S/c1-13-10-14(2)19(15(3)11-13)27(24,25)21(20(22)23)26-18-9-8-16-6-4-5-7-17(16)12-18/h4-12,21H,1-3H3,(H2,22,23). The van der Waals surface area contributed by atoms with Gasteiger partial charge in [0.2, 0.25) is 9.84 Å². The third-order valence-electron chi connectivity index (χ3n) is 4.37. The summed E-state index contributed by atoms with van der Waals surface area (Å²) in [6.45, 7) is 5.27. The van der Waals surface area contributed by atoms with Crippen molar-refractivity contribution in [3.63, 3.8) is 0 Å². The van der Waals surface area contributed by atoms with E-state index >= 15 is 0 Å². The van der Waals surface area contributed by atoms with Crippen molar-refractivity contribution in [1.29, 1.82) is 0 Å². The van der Waals surface area contributed by atoms with Gasteiger partial charge in [0, 0.05) is 0 Å². The molecular weight excluding hydrogens is 362 g/mol. The zero-order chi connectivity index (χ0) is 19.8. The molecule has 0 spiro atoms. The Bertz CT molecular complexity index is 1110. The van der Waals surface area contributed by atoms with Crippen molar-refractivity contribution < 1.29 is 17.9 Å². The number of rotatable bonds is 5. The second-order valence-corrected chi connectivity index (χ2v) is 8.56. The zero-order valence-electron chi connectivity index (χ0n) is 15.4. The number of carbonyl (C=O) groups is 1. The third-order valence-corrected chi connectivity index (χ3v) is 6.47. The average molecular weight is 383 g/mol. The molecule has 5 nitrogen and oxygen atoms in total. The van der Waals surface area contributed by atoms with E-state index < -0.39 is 21.2 Å². The Morgan fingerprint density at radius 3 is 2.11 bits per heavy atom. The number of aryl methyl sites for hydroxylation is 3. The van der Waals surface area contributed by atoms with Gasteiger partial charge in [0.15, 0.2) is 0 Å². The Hall–Kier alpha value is -2.86. The highest BCUT2D eigenvalue weighted by Crippen LogP contribution is 2.28. The maximum absolute atomic E-state index is 13.2. The van der Waals surface area contributed by atoms with Gasteiger partial charge < -0.3 is 10.5 Å². The number of sulfone groups is 1. The molecule has 0 aliphatic carbocycles. The second-order valence-electron chi connectivity index (χ2n) is 6.63. The van der Waals surface area contributed by atoms with Crippen molar-refractivity contribution in [2.45, 2.75) is 31.1 Å². The zero-order valence-corrected chi connectivity index (χ0v) is 16.2. The van der Waals surface area contributed by atoms with Crippen LogP contribution < -0.4 is 10.5 Å². The lowest BCUT2D eigenvalue weighted by Crippen LogP contribution is -2.41. The predicted molar refractivity (Wildman–Crippen MR) is 105 cm³/mol. The largest absolute Gasteiger partial charge is 0.464 e. The summed E-state index contributed by atoms with van der Waals surface area (Å²) in [5.41, 5.74) is 5.65. The summed E-state index contributed by atoms with van der Waals surface area (Å²) in [6.07, 6.45) is 0. The summed E-state index contributed by atoms with van der Waals surface area (Å²) in [4.78, 5) is 12.1. The van der Waals surface area contributed by atoms with Gasteiger partial charge in [-0.3, -0.25) is 4.79 Å². The Morgan fingerprint density at radius 2 is 1.52 bits per heavy atom. The molecule has 27 heavy (non-hydrogen) atoms. The quantitative estimate of drug-likeness (QED) is 0.731. The topological polar surface area (TPSA) is 86.5 Å². The number of carbonyl (C=O) groups excluding carboxylic acids is 1. The fourth-order valence-corrected chi connectivity index (χ4v) is 5.13. The van der Waals surface area contributed by atoms with E-state index in [-0.39, 0.29) is 10.6 Å². The van der Waals surface area contributed by atoms with Crippen LogP contribution in [0.4, 0.5) is 0 Å². The van der Waals surface area contributed by atoms with Crippen molar-refractivity contribution in [3.05, 3.63) is 71.3 Å². The Balaban J connectivity index is 2.05. The molecule has 0 radical (unpaired) electrons. The molecule has 0 bridgehead atoms. The van der Waals surface area contributed by atoms with Crippen molar-refractivity contribution in [3.8, 4) is 5.75 Å². The molecule has 1 amide bonds. The summed E-state index contributed by atoms with van der Waals surface area (Å²) in [6, 6.07) is 16.2. The van der Waals surface area contributed by atoms with E-state index in [1.54, 1.807) is 44.2 Å². The molecule has 0 heterocycles. The van der Waals surface area contributed by atoms with E-state index in [9.17, 15) is 13.2 Å². The van der Waals surface area contributed by atoms with Gasteiger partial charge >= 0.3 is 0 Å². The number of amides is 1. The van der Waals surface area contributed by atoms with Gasteiger partial charge in [-0.1, -0.05) is 48.0 Å². The summed E-state index contributed by atoms with van der Waals surface area (Å²) in [7, 11) is -4.13. The van der Waals surface area contributed by atoms with E-state index in [0.29, 0.717) is 11.1 Å². The molecule has 0 aliphatic heterocycles. The lowest BCUT2D eigenvalue weighted by Gasteiger charge is -2.20. The van der Waals surface area contributed by atoms with Crippen LogP contribution in [0.1, 0.15) is 16.7 Å². The Labute approximate surface area is 158 Å². The van der Waals surface area contributed by atoms with Gasteiger partial charge in [-0.15, -0.1) is 0 Å². The molecule has 6 heteroatoms. The van der Waals surface area contributed by atoms with Crippen LogP contribution in [0, 0.1) is 20.8 Å². The Morgan fingerprint density at radius 1 is 0.926 bits per heavy atom. The molecule has 0 aromatic heterocycles. The van der Waals surface area contributed by atoms with Gasteiger partial charge in [-0.05, 0) is 54.8 Å². The number of fused-ring (bicyclic) bond motifs is 1. The fraction of sp³-hybridized carbons (Fsp3) is 0.190. The highest BCUT2D eigenvalue weighted by atomic mass is 32.2. The first-order valence-corrected chi connectivity index (χ1v) is 10.0. The van der Waals surface area contributed by atoms with Crippen LogP contribution in [0.2, 0.25) is 0 Å². The molecule has 1 atom stereocenters. The summed E-state index contributed by atoms with van der Waals surface area (Å²) >= 11 is 0. The van der Waals surface area contributed by atoms with Crippen molar-refractivity contribution in [2.75, 3.05) is 0 Å². The lowest BCUT2D eigenvalue weighted by atomic mass is 10.1. The predicted octanol–water partition coefficient (Wildman–Crippen LogP) is 3.43. The van der Waals surface area contributed by atoms with Crippen LogP contribution in [-0.2, 0) is 14.6 Å². The van der Waals surface area contributed by atoms with Crippen LogP contribution in [-0.4, -0.2) is 19.8 Å². The van der Waals surface area contributed by atoms with Crippen LogP contribution in [0.25, 0.3) is 10.8 Å². The van der Waals surface area contributed by atoms with E-state index in [0.717, 1.165) is 16.3 Å². The molecule has 2 N–H and O–H groups in total. The summed E-state index contributed by atoms with van der Waals surface area (Å²) in [5.74, 6) is -0.786. The highest BCUT2D eigenvalue weighted by molar-refractivity contribution is 7.92. The molecule has 1 unspecified atom stereocenters. The number of hydrogen-bond acceptors (Lipinski definition) is 4. The minimum Gasteiger partial charge on any atom is -0.464 e. The first-order chi connectivity index (χ1) is 12.7. The Kier molecular flexibility index (Phi) is 4.93. The van der Waals surface area contributed by atoms with E-state index in [2.05, 4.69) is 0 Å². The molecule has 3 rings (SSSR count). The third kappa shape index (κ3) is 3.66. The van der Waals surface area contributed by atoms with Gasteiger partial charge in [0.1, 0.15) is 5.75 Å². The molecule has 0 fully saturated rings. The van der Waals surface area contributed by atoms with E-state index in [4.69, 9.17) is 10.5 Å². The first-order valence-electron chi connectivity index (χ1n) is 8.46. The second kappa shape index (κ2) is 7.04. The molecule has 3 aromatic rings. The SMILES string of the molecule is Cc1cc(C)c(S(=O)(=O)C(Oc2ccc3ccccc3c2)C(N)=O)c(C)c1. The average Bonchev–Trinajstić information content (AvgIpc) is 2.57. The van der Waals surface area contributed by atoms with Gasteiger partial charge in [-0.2, -0.15) is 0 Å². The minimum atomic E-state index is -4.13. The minimum absolute atomic E-state index is 0.0812. The molecule has 0 saturated carbocycles. The number of nitrogens with two attached hydrogens (primary N) is 1. The smallest absolute Gasteiger partial charge is 0.280 e. The van der Waals surface area contributed by atoms with E-state index in [1.807, 2.05) is 31.2 Å². The maximum atomic E-state index is 13.2. The lowest BCUT2D eigenvalue weighted by molar-refractivity contribution is -0.121. The normalized spacial score (nSPS) is 12.7. The number of benzene rings is 3. The van der Waals surface area contributed by atoms with Crippen molar-refractivity contribution in [1.82, 2.24) is 0 Å². The van der Waals surface area contributed by atoms with Crippen LogP contribution in [0.15, 0.2) is 59.5 Å². The van der Waals surface area contributed by atoms with Crippen molar-refractivity contribution in [2.24, 2.45) is 5.73 Å².